The van der Waals surface area contributed by atoms with Gasteiger partial charge in [0.25, 0.3) is 0 Å². The Morgan fingerprint density at radius 1 is 1.47 bits per heavy atom. The first-order valence-corrected chi connectivity index (χ1v) is 7.89. The smallest absolute Gasteiger partial charge is 0.0362 e. The maximum Gasteiger partial charge on any atom is 0.0362 e. The third kappa shape index (κ3) is 2.92. The van der Waals surface area contributed by atoms with Crippen LogP contribution in [0.15, 0.2) is 11.4 Å². The largest absolute Gasteiger partial charge is 0.310 e. The Morgan fingerprint density at radius 3 is 2.82 bits per heavy atom. The summed E-state index contributed by atoms with van der Waals surface area (Å²) in [6.07, 6.45) is 5.45. The molecule has 1 fully saturated rings. The van der Waals surface area contributed by atoms with Gasteiger partial charge in [-0.05, 0) is 55.2 Å². The fourth-order valence-electron chi connectivity index (χ4n) is 3.18. The molecule has 96 valence electrons. The molecular weight excluding hydrogens is 226 g/mol. The highest BCUT2D eigenvalue weighted by Gasteiger charge is 2.32. The number of hydrogen-bond acceptors (Lipinski definition) is 2. The second kappa shape index (κ2) is 6.01. The predicted octanol–water partition coefficient (Wildman–Crippen LogP) is 4.53. The van der Waals surface area contributed by atoms with Crippen molar-refractivity contribution in [3.8, 4) is 0 Å². The Bertz CT molecular complexity index is 344. The molecule has 1 nitrogen and oxygen atoms in total. The predicted molar refractivity (Wildman–Crippen MR) is 76.6 cm³/mol. The van der Waals surface area contributed by atoms with E-state index in [2.05, 4.69) is 37.5 Å². The highest BCUT2D eigenvalue weighted by molar-refractivity contribution is 7.10. The molecule has 0 aliphatic heterocycles. The zero-order valence-corrected chi connectivity index (χ0v) is 12.1. The van der Waals surface area contributed by atoms with E-state index in [1.54, 1.807) is 5.56 Å². The van der Waals surface area contributed by atoms with E-state index in [-0.39, 0.29) is 0 Å². The molecule has 1 heterocycles. The number of aryl methyl sites for hydroxylation is 1. The van der Waals surface area contributed by atoms with Gasteiger partial charge in [-0.15, -0.1) is 11.3 Å². The summed E-state index contributed by atoms with van der Waals surface area (Å²) in [4.78, 5) is 1.50. The molecule has 2 rings (SSSR count). The van der Waals surface area contributed by atoms with E-state index in [1.807, 2.05) is 11.3 Å². The minimum absolute atomic E-state index is 0.596. The number of rotatable bonds is 5. The van der Waals surface area contributed by atoms with E-state index in [1.165, 1.54) is 30.6 Å². The Morgan fingerprint density at radius 2 is 2.29 bits per heavy atom. The third-order valence-electron chi connectivity index (χ3n) is 4.20. The molecule has 1 N–H and O–H groups in total. The molecule has 0 spiro atoms. The van der Waals surface area contributed by atoms with Crippen LogP contribution in [-0.4, -0.2) is 6.54 Å². The average molecular weight is 251 g/mol. The van der Waals surface area contributed by atoms with Crippen molar-refractivity contribution < 1.29 is 0 Å². The molecular formula is C15H25NS. The summed E-state index contributed by atoms with van der Waals surface area (Å²) in [5, 5.41) is 6.03. The van der Waals surface area contributed by atoms with Gasteiger partial charge in [0.05, 0.1) is 0 Å². The van der Waals surface area contributed by atoms with Gasteiger partial charge in [-0.1, -0.05) is 26.7 Å². The molecule has 17 heavy (non-hydrogen) atoms. The second-order valence-corrected chi connectivity index (χ2v) is 6.56. The fourth-order valence-corrected chi connectivity index (χ4v) is 3.93. The van der Waals surface area contributed by atoms with Crippen molar-refractivity contribution in [1.29, 1.82) is 0 Å². The molecule has 1 aliphatic rings. The number of nitrogens with one attached hydrogen (secondary N) is 1. The van der Waals surface area contributed by atoms with Gasteiger partial charge in [-0.2, -0.15) is 0 Å². The summed E-state index contributed by atoms with van der Waals surface area (Å²) >= 11 is 1.89. The molecule has 1 aliphatic carbocycles. The molecule has 0 amide bonds. The fraction of sp³-hybridized carbons (Fsp3) is 0.733. The molecule has 3 unspecified atom stereocenters. The van der Waals surface area contributed by atoms with Crippen molar-refractivity contribution in [3.05, 3.63) is 21.9 Å². The van der Waals surface area contributed by atoms with Crippen LogP contribution in [-0.2, 0) is 0 Å². The summed E-state index contributed by atoms with van der Waals surface area (Å²) in [6.45, 7) is 8.09. The van der Waals surface area contributed by atoms with Crippen molar-refractivity contribution in [1.82, 2.24) is 5.32 Å². The number of hydrogen-bond donors (Lipinski definition) is 1. The van der Waals surface area contributed by atoms with Crippen LogP contribution in [0.25, 0.3) is 0 Å². The van der Waals surface area contributed by atoms with E-state index in [0.717, 1.165) is 18.4 Å². The van der Waals surface area contributed by atoms with Crippen LogP contribution in [0.3, 0.4) is 0 Å². The summed E-state index contributed by atoms with van der Waals surface area (Å²) in [5.41, 5.74) is 1.56. The zero-order valence-electron chi connectivity index (χ0n) is 11.3. The standard InChI is InChI=1S/C15H25NS/c1-4-9-16-15(13-7-5-6-11(13)2)14-8-10-17-12(14)3/h8,10-11,13,15-16H,4-7,9H2,1-3H3. The van der Waals surface area contributed by atoms with Crippen molar-refractivity contribution in [2.75, 3.05) is 6.54 Å². The molecule has 1 aromatic heterocycles. The Hall–Kier alpha value is -0.340. The van der Waals surface area contributed by atoms with E-state index >= 15 is 0 Å². The molecule has 1 saturated carbocycles. The van der Waals surface area contributed by atoms with Crippen molar-refractivity contribution in [2.45, 2.75) is 52.5 Å². The van der Waals surface area contributed by atoms with E-state index in [0.29, 0.717) is 6.04 Å². The Kier molecular flexibility index (Phi) is 4.63. The van der Waals surface area contributed by atoms with E-state index in [9.17, 15) is 0 Å². The average Bonchev–Trinajstić information content (AvgIpc) is 2.90. The van der Waals surface area contributed by atoms with Gasteiger partial charge in [0, 0.05) is 10.9 Å². The lowest BCUT2D eigenvalue weighted by Crippen LogP contribution is -2.30. The molecule has 0 radical (unpaired) electrons. The van der Waals surface area contributed by atoms with Crippen LogP contribution >= 0.6 is 11.3 Å². The first-order valence-electron chi connectivity index (χ1n) is 7.01. The first kappa shape index (κ1) is 13.1. The quantitative estimate of drug-likeness (QED) is 0.810. The summed E-state index contributed by atoms with van der Waals surface area (Å²) in [6, 6.07) is 2.93. The van der Waals surface area contributed by atoms with Crippen molar-refractivity contribution in [2.24, 2.45) is 11.8 Å². The maximum absolute atomic E-state index is 3.79. The van der Waals surface area contributed by atoms with E-state index < -0.39 is 0 Å². The summed E-state index contributed by atoms with van der Waals surface area (Å²) in [7, 11) is 0. The Balaban J connectivity index is 2.15. The van der Waals surface area contributed by atoms with Crippen LogP contribution in [0.5, 0.6) is 0 Å². The SMILES string of the molecule is CCCNC(c1ccsc1C)C1CCCC1C. The summed E-state index contributed by atoms with van der Waals surface area (Å²) in [5.74, 6) is 1.72. The highest BCUT2D eigenvalue weighted by atomic mass is 32.1. The molecule has 2 heteroatoms. The zero-order chi connectivity index (χ0) is 12.3. The topological polar surface area (TPSA) is 12.0 Å². The van der Waals surface area contributed by atoms with Gasteiger partial charge in [0.15, 0.2) is 0 Å². The monoisotopic (exact) mass is 251 g/mol. The van der Waals surface area contributed by atoms with Crippen LogP contribution in [0, 0.1) is 18.8 Å². The number of thiophene rings is 1. The summed E-state index contributed by atoms with van der Waals surface area (Å²) < 4.78 is 0. The molecule has 3 atom stereocenters. The van der Waals surface area contributed by atoms with Crippen LogP contribution in [0.2, 0.25) is 0 Å². The van der Waals surface area contributed by atoms with Gasteiger partial charge in [-0.3, -0.25) is 0 Å². The van der Waals surface area contributed by atoms with Gasteiger partial charge in [-0.25, -0.2) is 0 Å². The van der Waals surface area contributed by atoms with Crippen molar-refractivity contribution >= 4 is 11.3 Å². The minimum atomic E-state index is 0.596. The Labute approximate surface area is 110 Å². The second-order valence-electron chi connectivity index (χ2n) is 5.44. The van der Waals surface area contributed by atoms with Crippen LogP contribution in [0.1, 0.15) is 56.0 Å². The lowest BCUT2D eigenvalue weighted by Gasteiger charge is -2.28. The lowest BCUT2D eigenvalue weighted by atomic mass is 9.86. The maximum atomic E-state index is 3.79. The van der Waals surface area contributed by atoms with Crippen LogP contribution < -0.4 is 5.32 Å². The van der Waals surface area contributed by atoms with Crippen LogP contribution in [0.4, 0.5) is 0 Å². The normalized spacial score (nSPS) is 26.3. The van der Waals surface area contributed by atoms with Gasteiger partial charge in [0.2, 0.25) is 0 Å². The third-order valence-corrected chi connectivity index (χ3v) is 5.07. The lowest BCUT2D eigenvalue weighted by molar-refractivity contribution is 0.302. The molecule has 0 aromatic carbocycles. The van der Waals surface area contributed by atoms with Gasteiger partial charge in [0.1, 0.15) is 0 Å². The van der Waals surface area contributed by atoms with E-state index in [4.69, 9.17) is 0 Å². The first-order chi connectivity index (χ1) is 8.24. The van der Waals surface area contributed by atoms with Crippen molar-refractivity contribution in [3.63, 3.8) is 0 Å². The minimum Gasteiger partial charge on any atom is -0.310 e. The molecule has 1 aromatic rings. The van der Waals surface area contributed by atoms with Gasteiger partial charge >= 0.3 is 0 Å². The highest BCUT2D eigenvalue weighted by Crippen LogP contribution is 2.41. The molecule has 0 saturated heterocycles. The molecule has 0 bridgehead atoms. The van der Waals surface area contributed by atoms with Gasteiger partial charge < -0.3 is 5.32 Å².